The van der Waals surface area contributed by atoms with Crippen LogP contribution in [0.1, 0.15) is 65.7 Å². The molecule has 98 valence electrons. The molecule has 0 aliphatic heterocycles. The molecule has 0 N–H and O–H groups in total. The molecular weight excluding hydrogens is 264 g/mol. The molecule has 0 fully saturated rings. The zero-order chi connectivity index (χ0) is 12.3. The first-order valence-corrected chi connectivity index (χ1v) is 8.00. The molecule has 0 amide bonds. The topological polar surface area (TPSA) is 9.23 Å². The van der Waals surface area contributed by atoms with Crippen LogP contribution in [0.25, 0.3) is 0 Å². The second-order valence-corrected chi connectivity index (χ2v) is 5.45. The molecule has 0 saturated heterocycles. The van der Waals surface area contributed by atoms with Gasteiger partial charge in [0.1, 0.15) is 0 Å². The second-order valence-electron chi connectivity index (χ2n) is 4.89. The van der Waals surface area contributed by atoms with Crippen molar-refractivity contribution in [2.75, 3.05) is 18.5 Å². The van der Waals surface area contributed by atoms with Crippen molar-refractivity contribution in [2.24, 2.45) is 5.41 Å². The number of alkyl halides is 1. The van der Waals surface area contributed by atoms with E-state index in [0.29, 0.717) is 5.41 Å². The lowest BCUT2D eigenvalue weighted by Crippen LogP contribution is -2.29. The van der Waals surface area contributed by atoms with Gasteiger partial charge in [0.15, 0.2) is 0 Å². The molecular formula is C14H29BrO. The maximum Gasteiger partial charge on any atom is 0.0530 e. The lowest BCUT2D eigenvalue weighted by Gasteiger charge is -2.31. The van der Waals surface area contributed by atoms with Gasteiger partial charge in [0.05, 0.1) is 6.61 Å². The molecule has 0 spiro atoms. The van der Waals surface area contributed by atoms with Crippen LogP contribution in [0.4, 0.5) is 0 Å². The van der Waals surface area contributed by atoms with Crippen molar-refractivity contribution in [3.63, 3.8) is 0 Å². The summed E-state index contributed by atoms with van der Waals surface area (Å²) in [6.45, 7) is 8.64. The first-order chi connectivity index (χ1) is 7.74. The van der Waals surface area contributed by atoms with Gasteiger partial charge < -0.3 is 4.74 Å². The average Bonchev–Trinajstić information content (AvgIpc) is 2.29. The smallest absolute Gasteiger partial charge is 0.0530 e. The van der Waals surface area contributed by atoms with Crippen LogP contribution in [-0.4, -0.2) is 18.5 Å². The van der Waals surface area contributed by atoms with Crippen LogP contribution in [0.5, 0.6) is 0 Å². The standard InChI is InChI=1S/C14H29BrO/c1-4-7-8-11-16-13-14(12-15,9-5-2)10-6-3/h4-13H2,1-3H3. The van der Waals surface area contributed by atoms with Crippen molar-refractivity contribution in [1.82, 2.24) is 0 Å². The lowest BCUT2D eigenvalue weighted by atomic mass is 9.82. The van der Waals surface area contributed by atoms with Gasteiger partial charge in [0.2, 0.25) is 0 Å². The molecule has 0 heterocycles. The predicted molar refractivity (Wildman–Crippen MR) is 76.4 cm³/mol. The van der Waals surface area contributed by atoms with Crippen molar-refractivity contribution < 1.29 is 4.74 Å². The Morgan fingerprint density at radius 2 is 1.56 bits per heavy atom. The van der Waals surface area contributed by atoms with Gasteiger partial charge in [-0.2, -0.15) is 0 Å². The fourth-order valence-electron chi connectivity index (χ4n) is 2.25. The number of rotatable bonds is 11. The van der Waals surface area contributed by atoms with Crippen molar-refractivity contribution in [3.8, 4) is 0 Å². The molecule has 0 aliphatic carbocycles. The van der Waals surface area contributed by atoms with Crippen LogP contribution in [0.3, 0.4) is 0 Å². The number of ether oxygens (including phenoxy) is 1. The van der Waals surface area contributed by atoms with Crippen LogP contribution < -0.4 is 0 Å². The molecule has 0 aliphatic rings. The summed E-state index contributed by atoms with van der Waals surface area (Å²) in [5.41, 5.74) is 0.385. The van der Waals surface area contributed by atoms with E-state index >= 15 is 0 Å². The van der Waals surface area contributed by atoms with Crippen LogP contribution in [0.15, 0.2) is 0 Å². The van der Waals surface area contributed by atoms with Crippen molar-refractivity contribution in [3.05, 3.63) is 0 Å². The number of hydrogen-bond donors (Lipinski definition) is 0. The van der Waals surface area contributed by atoms with Crippen LogP contribution in [0, 0.1) is 5.41 Å². The summed E-state index contributed by atoms with van der Waals surface area (Å²) in [7, 11) is 0. The monoisotopic (exact) mass is 292 g/mol. The summed E-state index contributed by atoms with van der Waals surface area (Å²) < 4.78 is 5.87. The third-order valence-corrected chi connectivity index (χ3v) is 4.33. The van der Waals surface area contributed by atoms with Crippen molar-refractivity contribution in [2.45, 2.75) is 65.7 Å². The van der Waals surface area contributed by atoms with Gasteiger partial charge in [-0.3, -0.25) is 0 Å². The maximum absolute atomic E-state index is 5.87. The number of halogens is 1. The minimum absolute atomic E-state index is 0.385. The van der Waals surface area contributed by atoms with Gasteiger partial charge in [0.25, 0.3) is 0 Å². The fourth-order valence-corrected chi connectivity index (χ4v) is 2.97. The van der Waals surface area contributed by atoms with E-state index in [1.54, 1.807) is 0 Å². The van der Waals surface area contributed by atoms with E-state index in [1.807, 2.05) is 0 Å². The minimum atomic E-state index is 0.385. The SMILES string of the molecule is CCCCCOCC(CBr)(CCC)CCC. The number of hydrogen-bond acceptors (Lipinski definition) is 1. The largest absolute Gasteiger partial charge is 0.381 e. The highest BCUT2D eigenvalue weighted by Gasteiger charge is 2.27. The molecule has 16 heavy (non-hydrogen) atoms. The van der Waals surface area contributed by atoms with Gasteiger partial charge in [-0.05, 0) is 19.3 Å². The molecule has 2 heteroatoms. The molecule has 0 unspecified atom stereocenters. The van der Waals surface area contributed by atoms with E-state index in [2.05, 4.69) is 36.7 Å². The molecule has 0 aromatic carbocycles. The van der Waals surface area contributed by atoms with Gasteiger partial charge >= 0.3 is 0 Å². The Balaban J connectivity index is 3.89. The van der Waals surface area contributed by atoms with Gasteiger partial charge in [-0.25, -0.2) is 0 Å². The lowest BCUT2D eigenvalue weighted by molar-refractivity contribution is 0.0436. The summed E-state index contributed by atoms with van der Waals surface area (Å²) in [5.74, 6) is 0. The second kappa shape index (κ2) is 10.6. The van der Waals surface area contributed by atoms with E-state index in [0.717, 1.165) is 18.5 Å². The molecule has 0 aromatic heterocycles. The predicted octanol–water partition coefficient (Wildman–Crippen LogP) is 5.17. The Kier molecular flexibility index (Phi) is 10.9. The Labute approximate surface area is 110 Å². The highest BCUT2D eigenvalue weighted by molar-refractivity contribution is 9.09. The van der Waals surface area contributed by atoms with Crippen LogP contribution in [0.2, 0.25) is 0 Å². The highest BCUT2D eigenvalue weighted by atomic mass is 79.9. The first-order valence-electron chi connectivity index (χ1n) is 6.88. The summed E-state index contributed by atoms with van der Waals surface area (Å²) in [5, 5.41) is 1.08. The van der Waals surface area contributed by atoms with E-state index in [4.69, 9.17) is 4.74 Å². The fraction of sp³-hybridized carbons (Fsp3) is 1.00. The normalized spacial score (nSPS) is 12.0. The van der Waals surface area contributed by atoms with Crippen LogP contribution in [-0.2, 0) is 4.74 Å². The van der Waals surface area contributed by atoms with Gasteiger partial charge in [-0.15, -0.1) is 0 Å². The zero-order valence-corrected chi connectivity index (χ0v) is 12.9. The first kappa shape index (κ1) is 16.4. The van der Waals surface area contributed by atoms with E-state index in [9.17, 15) is 0 Å². The third-order valence-electron chi connectivity index (χ3n) is 3.14. The Morgan fingerprint density at radius 1 is 0.938 bits per heavy atom. The molecule has 1 nitrogen and oxygen atoms in total. The van der Waals surface area contributed by atoms with Crippen molar-refractivity contribution >= 4 is 15.9 Å². The summed E-state index contributed by atoms with van der Waals surface area (Å²) in [6, 6.07) is 0. The third kappa shape index (κ3) is 6.90. The average molecular weight is 293 g/mol. The van der Waals surface area contributed by atoms with Crippen molar-refractivity contribution in [1.29, 1.82) is 0 Å². The molecule has 0 atom stereocenters. The quantitative estimate of drug-likeness (QED) is 0.377. The van der Waals surface area contributed by atoms with E-state index in [1.165, 1.54) is 44.9 Å². The van der Waals surface area contributed by atoms with Crippen LogP contribution >= 0.6 is 15.9 Å². The zero-order valence-electron chi connectivity index (χ0n) is 11.4. The summed E-state index contributed by atoms with van der Waals surface area (Å²) in [6.07, 6.45) is 8.85. The Hall–Kier alpha value is 0.440. The number of unbranched alkanes of at least 4 members (excludes halogenated alkanes) is 2. The molecule has 0 rings (SSSR count). The van der Waals surface area contributed by atoms with Gasteiger partial charge in [0, 0.05) is 17.4 Å². The molecule has 0 radical (unpaired) electrons. The Morgan fingerprint density at radius 3 is 2.00 bits per heavy atom. The summed E-state index contributed by atoms with van der Waals surface area (Å²) >= 11 is 3.68. The highest BCUT2D eigenvalue weighted by Crippen LogP contribution is 2.32. The van der Waals surface area contributed by atoms with Gasteiger partial charge in [-0.1, -0.05) is 62.4 Å². The molecule has 0 saturated carbocycles. The maximum atomic E-state index is 5.87. The Bertz CT molecular complexity index is 142. The molecule has 0 aromatic rings. The van der Waals surface area contributed by atoms with E-state index < -0.39 is 0 Å². The summed E-state index contributed by atoms with van der Waals surface area (Å²) in [4.78, 5) is 0. The molecule has 0 bridgehead atoms. The van der Waals surface area contributed by atoms with E-state index in [-0.39, 0.29) is 0 Å². The minimum Gasteiger partial charge on any atom is -0.381 e.